The highest BCUT2D eigenvalue weighted by Gasteiger charge is 2.03. The normalized spacial score (nSPS) is 10.1. The minimum atomic E-state index is -0.337. The standard InChI is InChI=1S/C15H14Cl2N2O2/c1-2-9-18-15(21)8-10-19-14(20)7-6-11-12(16)4-3-5-13(11)17/h1,3-7H,8-10H2,(H,18,21)(H,19,20)/b7-6-. The molecule has 0 atom stereocenters. The summed E-state index contributed by atoms with van der Waals surface area (Å²) < 4.78 is 0. The van der Waals surface area contributed by atoms with Crippen molar-refractivity contribution in [3.8, 4) is 12.3 Å². The Labute approximate surface area is 133 Å². The zero-order chi connectivity index (χ0) is 15.7. The van der Waals surface area contributed by atoms with E-state index in [0.29, 0.717) is 15.6 Å². The monoisotopic (exact) mass is 324 g/mol. The van der Waals surface area contributed by atoms with Crippen molar-refractivity contribution in [3.05, 3.63) is 39.9 Å². The maximum absolute atomic E-state index is 11.6. The van der Waals surface area contributed by atoms with Gasteiger partial charge in [0.05, 0.1) is 6.54 Å². The first-order valence-electron chi connectivity index (χ1n) is 6.14. The summed E-state index contributed by atoms with van der Waals surface area (Å²) in [5.41, 5.74) is 0.572. The molecule has 0 saturated carbocycles. The molecular weight excluding hydrogens is 311 g/mol. The third-order valence-corrected chi connectivity index (χ3v) is 3.10. The van der Waals surface area contributed by atoms with Crippen molar-refractivity contribution >= 4 is 41.1 Å². The quantitative estimate of drug-likeness (QED) is 0.623. The number of carbonyl (C=O) groups excluding carboxylic acids is 2. The molecule has 2 N–H and O–H groups in total. The highest BCUT2D eigenvalue weighted by atomic mass is 35.5. The number of amides is 2. The van der Waals surface area contributed by atoms with Gasteiger partial charge in [-0.1, -0.05) is 35.2 Å². The molecule has 0 saturated heterocycles. The zero-order valence-electron chi connectivity index (χ0n) is 11.2. The molecule has 0 aliphatic carbocycles. The van der Waals surface area contributed by atoms with Crippen LogP contribution in [-0.4, -0.2) is 24.9 Å². The summed E-state index contributed by atoms with van der Waals surface area (Å²) >= 11 is 11.9. The molecule has 1 rings (SSSR count). The second-order valence-corrected chi connectivity index (χ2v) is 4.80. The molecule has 0 aliphatic heterocycles. The Hall–Kier alpha value is -1.96. The van der Waals surface area contributed by atoms with Crippen LogP contribution in [0.5, 0.6) is 0 Å². The predicted molar refractivity (Wildman–Crippen MR) is 85.0 cm³/mol. The molecule has 1 aromatic carbocycles. The van der Waals surface area contributed by atoms with Crippen molar-refractivity contribution in [1.29, 1.82) is 0 Å². The lowest BCUT2D eigenvalue weighted by atomic mass is 10.2. The van der Waals surface area contributed by atoms with E-state index in [0.717, 1.165) is 0 Å². The molecule has 0 fully saturated rings. The van der Waals surface area contributed by atoms with E-state index in [2.05, 4.69) is 16.6 Å². The lowest BCUT2D eigenvalue weighted by Gasteiger charge is -2.03. The third kappa shape index (κ3) is 6.35. The van der Waals surface area contributed by atoms with Crippen LogP contribution < -0.4 is 10.6 Å². The zero-order valence-corrected chi connectivity index (χ0v) is 12.7. The van der Waals surface area contributed by atoms with Gasteiger partial charge in [-0.3, -0.25) is 9.59 Å². The molecule has 110 valence electrons. The van der Waals surface area contributed by atoms with Gasteiger partial charge in [-0.05, 0) is 18.2 Å². The van der Waals surface area contributed by atoms with E-state index in [4.69, 9.17) is 29.6 Å². The molecule has 0 bridgehead atoms. The first-order chi connectivity index (χ1) is 10.0. The van der Waals surface area contributed by atoms with Gasteiger partial charge in [-0.15, -0.1) is 6.42 Å². The van der Waals surface area contributed by atoms with Crippen molar-refractivity contribution in [2.24, 2.45) is 0 Å². The first kappa shape index (κ1) is 17.1. The summed E-state index contributed by atoms with van der Waals surface area (Å²) in [4.78, 5) is 22.8. The molecule has 0 radical (unpaired) electrons. The molecule has 6 heteroatoms. The Bertz CT molecular complexity index is 572. The van der Waals surface area contributed by atoms with Crippen LogP contribution in [0.15, 0.2) is 24.3 Å². The van der Waals surface area contributed by atoms with Crippen LogP contribution in [0.2, 0.25) is 10.0 Å². The van der Waals surface area contributed by atoms with Crippen LogP contribution in [0, 0.1) is 12.3 Å². The fraction of sp³-hybridized carbons (Fsp3) is 0.200. The summed E-state index contributed by atoms with van der Waals surface area (Å²) in [7, 11) is 0. The van der Waals surface area contributed by atoms with E-state index >= 15 is 0 Å². The molecule has 0 heterocycles. The largest absolute Gasteiger partial charge is 0.352 e. The second kappa shape index (κ2) is 9.06. The lowest BCUT2D eigenvalue weighted by Crippen LogP contribution is -2.30. The molecule has 0 aromatic heterocycles. The minimum absolute atomic E-state index is 0.161. The smallest absolute Gasteiger partial charge is 0.244 e. The average Bonchev–Trinajstić information content (AvgIpc) is 2.44. The van der Waals surface area contributed by atoms with E-state index < -0.39 is 0 Å². The molecule has 0 spiro atoms. The Kier molecular flexibility index (Phi) is 7.38. The highest BCUT2D eigenvalue weighted by molar-refractivity contribution is 6.37. The number of hydrogen-bond acceptors (Lipinski definition) is 2. The summed E-state index contributed by atoms with van der Waals surface area (Å²) in [6, 6.07) is 5.08. The number of rotatable bonds is 6. The van der Waals surface area contributed by atoms with Gasteiger partial charge in [0, 0.05) is 34.7 Å². The lowest BCUT2D eigenvalue weighted by molar-refractivity contribution is -0.121. The summed E-state index contributed by atoms with van der Waals surface area (Å²) in [5.74, 6) is 1.74. The van der Waals surface area contributed by atoms with Crippen molar-refractivity contribution < 1.29 is 9.59 Å². The van der Waals surface area contributed by atoms with Crippen molar-refractivity contribution in [2.45, 2.75) is 6.42 Å². The van der Waals surface area contributed by atoms with Gasteiger partial charge >= 0.3 is 0 Å². The maximum atomic E-state index is 11.6. The number of carbonyl (C=O) groups is 2. The molecule has 0 aliphatic rings. The maximum Gasteiger partial charge on any atom is 0.244 e. The molecule has 21 heavy (non-hydrogen) atoms. The van der Waals surface area contributed by atoms with Gasteiger partial charge in [-0.2, -0.15) is 0 Å². The van der Waals surface area contributed by atoms with Crippen molar-refractivity contribution in [3.63, 3.8) is 0 Å². The number of benzene rings is 1. The first-order valence-corrected chi connectivity index (χ1v) is 6.90. The van der Waals surface area contributed by atoms with Crippen LogP contribution in [0.1, 0.15) is 12.0 Å². The molecule has 0 unspecified atom stereocenters. The number of terminal acetylenes is 1. The van der Waals surface area contributed by atoms with Crippen molar-refractivity contribution in [1.82, 2.24) is 10.6 Å². The van der Waals surface area contributed by atoms with Gasteiger partial charge in [0.2, 0.25) is 11.8 Å². The average molecular weight is 325 g/mol. The van der Waals surface area contributed by atoms with Crippen LogP contribution in [0.4, 0.5) is 0 Å². The predicted octanol–water partition coefficient (Wildman–Crippen LogP) is 2.26. The topological polar surface area (TPSA) is 58.2 Å². The number of hydrogen-bond donors (Lipinski definition) is 2. The Morgan fingerprint density at radius 2 is 1.90 bits per heavy atom. The van der Waals surface area contributed by atoms with Crippen LogP contribution in [0.3, 0.4) is 0 Å². The highest BCUT2D eigenvalue weighted by Crippen LogP contribution is 2.25. The van der Waals surface area contributed by atoms with Gasteiger partial charge in [0.1, 0.15) is 0 Å². The van der Waals surface area contributed by atoms with Crippen LogP contribution in [0.25, 0.3) is 6.08 Å². The summed E-state index contributed by atoms with van der Waals surface area (Å²) in [6.45, 7) is 0.396. The Morgan fingerprint density at radius 1 is 1.24 bits per heavy atom. The molecule has 4 nitrogen and oxygen atoms in total. The van der Waals surface area contributed by atoms with E-state index in [1.807, 2.05) is 0 Å². The van der Waals surface area contributed by atoms with Gasteiger partial charge in [0.25, 0.3) is 0 Å². The Morgan fingerprint density at radius 3 is 2.52 bits per heavy atom. The molecular formula is C15H14Cl2N2O2. The SMILES string of the molecule is C#CCNC(=O)CCNC(=O)/C=C\c1c(Cl)cccc1Cl. The minimum Gasteiger partial charge on any atom is -0.352 e. The van der Waals surface area contributed by atoms with E-state index in [9.17, 15) is 9.59 Å². The fourth-order valence-electron chi connectivity index (χ4n) is 1.43. The van der Waals surface area contributed by atoms with Gasteiger partial charge in [0.15, 0.2) is 0 Å². The van der Waals surface area contributed by atoms with Crippen LogP contribution in [-0.2, 0) is 9.59 Å². The van der Waals surface area contributed by atoms with E-state index in [1.165, 1.54) is 12.2 Å². The summed E-state index contributed by atoms with van der Waals surface area (Å²) in [5, 5.41) is 5.99. The Balaban J connectivity index is 2.42. The van der Waals surface area contributed by atoms with Gasteiger partial charge < -0.3 is 10.6 Å². The second-order valence-electron chi connectivity index (χ2n) is 3.99. The van der Waals surface area contributed by atoms with Gasteiger partial charge in [-0.25, -0.2) is 0 Å². The molecule has 1 aromatic rings. The fourth-order valence-corrected chi connectivity index (χ4v) is 1.95. The van der Waals surface area contributed by atoms with E-state index in [-0.39, 0.29) is 31.3 Å². The van der Waals surface area contributed by atoms with E-state index in [1.54, 1.807) is 18.2 Å². The number of nitrogens with one attached hydrogen (secondary N) is 2. The molecule has 2 amide bonds. The van der Waals surface area contributed by atoms with Crippen LogP contribution >= 0.6 is 23.2 Å². The third-order valence-electron chi connectivity index (χ3n) is 2.44. The number of halogens is 2. The van der Waals surface area contributed by atoms with Crippen molar-refractivity contribution in [2.75, 3.05) is 13.1 Å². The summed E-state index contributed by atoms with van der Waals surface area (Å²) in [6.07, 6.45) is 8.01.